The fourth-order valence-corrected chi connectivity index (χ4v) is 1.94. The van der Waals surface area contributed by atoms with Gasteiger partial charge in [0.2, 0.25) is 0 Å². The average Bonchev–Trinajstić information content (AvgIpc) is 2.71. The van der Waals surface area contributed by atoms with Crippen LogP contribution in [0.2, 0.25) is 0 Å². The van der Waals surface area contributed by atoms with Crippen molar-refractivity contribution in [3.8, 4) is 11.1 Å². The number of thiophene rings is 1. The molecule has 0 aliphatic rings. The molecule has 2 N–H and O–H groups in total. The van der Waals surface area contributed by atoms with E-state index in [1.165, 1.54) is 5.56 Å². The highest BCUT2D eigenvalue weighted by Crippen LogP contribution is 2.21. The van der Waals surface area contributed by atoms with E-state index in [4.69, 9.17) is 5.73 Å². The number of halogens is 2. The molecule has 0 aliphatic carbocycles. The Bertz CT molecular complexity index is 398. The summed E-state index contributed by atoms with van der Waals surface area (Å²) in [6, 6.07) is 6.14. The van der Waals surface area contributed by atoms with Gasteiger partial charge in [-0.3, -0.25) is 4.98 Å². The van der Waals surface area contributed by atoms with Crippen LogP contribution < -0.4 is 5.73 Å². The first-order chi connectivity index (χ1) is 6.77. The minimum Gasteiger partial charge on any atom is -0.323 e. The predicted octanol–water partition coefficient (Wildman–Crippen LogP) is 3.67. The Morgan fingerprint density at radius 3 is 2.38 bits per heavy atom. The number of pyridine rings is 1. The minimum absolute atomic E-state index is 0. The molecule has 0 saturated carbocycles. The Morgan fingerprint density at radius 2 is 1.94 bits per heavy atom. The van der Waals surface area contributed by atoms with Crippen molar-refractivity contribution in [2.24, 2.45) is 5.73 Å². The van der Waals surface area contributed by atoms with Gasteiger partial charge in [-0.05, 0) is 35.4 Å². The lowest BCUT2D eigenvalue weighted by Gasteiger charge is -2.04. The molecule has 1 atom stereocenters. The third-order valence-electron chi connectivity index (χ3n) is 2.11. The zero-order valence-electron chi connectivity index (χ0n) is 8.79. The molecule has 1 unspecified atom stereocenters. The van der Waals surface area contributed by atoms with E-state index in [0.29, 0.717) is 0 Å². The van der Waals surface area contributed by atoms with Crippen LogP contribution in [0.4, 0.5) is 0 Å². The van der Waals surface area contributed by atoms with Gasteiger partial charge in [-0.1, -0.05) is 6.07 Å². The molecular weight excluding hydrogens is 263 g/mol. The lowest BCUT2D eigenvalue weighted by Crippen LogP contribution is -2.06. The molecule has 0 radical (unpaired) electrons. The summed E-state index contributed by atoms with van der Waals surface area (Å²) < 4.78 is 0. The second-order valence-corrected chi connectivity index (χ2v) is 4.05. The van der Waals surface area contributed by atoms with Gasteiger partial charge in [-0.15, -0.1) is 24.8 Å². The summed E-state index contributed by atoms with van der Waals surface area (Å²) in [6.07, 6.45) is 1.88. The minimum atomic E-state index is 0. The van der Waals surface area contributed by atoms with Crippen molar-refractivity contribution < 1.29 is 0 Å². The highest BCUT2D eigenvalue weighted by Gasteiger charge is 2.02. The molecule has 2 heterocycles. The third kappa shape index (κ3) is 3.46. The summed E-state index contributed by atoms with van der Waals surface area (Å²) in [5.74, 6) is 0. The second-order valence-electron chi connectivity index (χ2n) is 3.27. The molecule has 2 aromatic rings. The predicted molar refractivity (Wildman–Crippen MR) is 74.6 cm³/mol. The molecule has 2 nitrogen and oxygen atoms in total. The lowest BCUT2D eigenvalue weighted by atomic mass is 10.1. The zero-order valence-corrected chi connectivity index (χ0v) is 11.2. The largest absolute Gasteiger partial charge is 0.323 e. The molecule has 16 heavy (non-hydrogen) atoms. The molecule has 0 bridgehead atoms. The second kappa shape index (κ2) is 6.86. The molecule has 2 aromatic heterocycles. The van der Waals surface area contributed by atoms with E-state index in [1.54, 1.807) is 11.3 Å². The Hall–Kier alpha value is -0.610. The van der Waals surface area contributed by atoms with Crippen LogP contribution in [0.1, 0.15) is 18.7 Å². The van der Waals surface area contributed by atoms with Crippen LogP contribution in [0.3, 0.4) is 0 Å². The Kier molecular flexibility index (Phi) is 6.60. The lowest BCUT2D eigenvalue weighted by molar-refractivity contribution is 0.781. The van der Waals surface area contributed by atoms with E-state index in [2.05, 4.69) is 27.9 Å². The topological polar surface area (TPSA) is 38.9 Å². The van der Waals surface area contributed by atoms with Crippen molar-refractivity contribution in [1.29, 1.82) is 0 Å². The molecule has 88 valence electrons. The maximum absolute atomic E-state index is 5.72. The van der Waals surface area contributed by atoms with Crippen molar-refractivity contribution in [2.45, 2.75) is 13.0 Å². The van der Waals surface area contributed by atoms with Gasteiger partial charge in [-0.25, -0.2) is 0 Å². The first-order valence-electron chi connectivity index (χ1n) is 4.51. The van der Waals surface area contributed by atoms with Gasteiger partial charge in [0.25, 0.3) is 0 Å². The Morgan fingerprint density at radius 1 is 1.19 bits per heavy atom. The molecule has 0 amide bonds. The maximum Gasteiger partial charge on any atom is 0.0568 e. The van der Waals surface area contributed by atoms with Crippen LogP contribution in [-0.4, -0.2) is 4.98 Å². The van der Waals surface area contributed by atoms with Gasteiger partial charge in [0.1, 0.15) is 0 Å². The van der Waals surface area contributed by atoms with Crippen molar-refractivity contribution in [3.63, 3.8) is 0 Å². The van der Waals surface area contributed by atoms with Crippen LogP contribution in [0.25, 0.3) is 11.1 Å². The number of aromatic nitrogens is 1. The molecule has 0 aromatic carbocycles. The van der Waals surface area contributed by atoms with Crippen LogP contribution >= 0.6 is 36.2 Å². The molecule has 2 rings (SSSR count). The van der Waals surface area contributed by atoms with Crippen molar-refractivity contribution in [3.05, 3.63) is 40.8 Å². The van der Waals surface area contributed by atoms with Crippen molar-refractivity contribution in [2.75, 3.05) is 0 Å². The number of rotatable bonds is 2. The summed E-state index contributed by atoms with van der Waals surface area (Å²) in [7, 11) is 0. The normalized spacial score (nSPS) is 11.1. The first-order valence-corrected chi connectivity index (χ1v) is 5.46. The number of hydrogen-bond donors (Lipinski definition) is 1. The first kappa shape index (κ1) is 15.4. The van der Waals surface area contributed by atoms with Crippen molar-refractivity contribution in [1.82, 2.24) is 4.98 Å². The van der Waals surface area contributed by atoms with Crippen LogP contribution in [-0.2, 0) is 0 Å². The summed E-state index contributed by atoms with van der Waals surface area (Å²) in [4.78, 5) is 4.31. The fourth-order valence-electron chi connectivity index (χ4n) is 1.27. The highest BCUT2D eigenvalue weighted by molar-refractivity contribution is 7.08. The van der Waals surface area contributed by atoms with E-state index >= 15 is 0 Å². The molecule has 5 heteroatoms. The van der Waals surface area contributed by atoms with Crippen LogP contribution in [0.5, 0.6) is 0 Å². The summed E-state index contributed by atoms with van der Waals surface area (Å²) in [6.45, 7) is 1.94. The van der Waals surface area contributed by atoms with E-state index in [1.807, 2.05) is 19.2 Å². The summed E-state index contributed by atoms with van der Waals surface area (Å²) >= 11 is 1.69. The van der Waals surface area contributed by atoms with Gasteiger partial charge < -0.3 is 5.73 Å². The standard InChI is InChI=1S/C11H12N2S.2ClH/c1-8(12)11-3-2-9(6-13-11)10-4-5-14-7-10;;/h2-8H,12H2,1H3;2*1H. The molecule has 0 aliphatic heterocycles. The average molecular weight is 277 g/mol. The number of nitrogens with two attached hydrogens (primary N) is 1. The van der Waals surface area contributed by atoms with E-state index < -0.39 is 0 Å². The molecule has 0 saturated heterocycles. The molecule has 0 spiro atoms. The third-order valence-corrected chi connectivity index (χ3v) is 2.79. The van der Waals surface area contributed by atoms with E-state index in [0.717, 1.165) is 11.3 Å². The van der Waals surface area contributed by atoms with Crippen LogP contribution in [0, 0.1) is 0 Å². The SMILES string of the molecule is CC(N)c1ccc(-c2ccsc2)cn1.Cl.Cl. The highest BCUT2D eigenvalue weighted by atomic mass is 35.5. The quantitative estimate of drug-likeness (QED) is 0.909. The van der Waals surface area contributed by atoms with Gasteiger partial charge >= 0.3 is 0 Å². The Balaban J connectivity index is 0.00000112. The fraction of sp³-hybridized carbons (Fsp3) is 0.182. The zero-order chi connectivity index (χ0) is 9.97. The Labute approximate surface area is 112 Å². The summed E-state index contributed by atoms with van der Waals surface area (Å²) in [5.41, 5.74) is 9.03. The van der Waals surface area contributed by atoms with Gasteiger partial charge in [0.15, 0.2) is 0 Å². The number of hydrogen-bond acceptors (Lipinski definition) is 3. The van der Waals surface area contributed by atoms with E-state index in [9.17, 15) is 0 Å². The van der Waals surface area contributed by atoms with Gasteiger partial charge in [0, 0.05) is 17.8 Å². The number of nitrogens with zero attached hydrogens (tertiary/aromatic N) is 1. The van der Waals surface area contributed by atoms with Crippen LogP contribution in [0.15, 0.2) is 35.2 Å². The van der Waals surface area contributed by atoms with E-state index in [-0.39, 0.29) is 30.9 Å². The summed E-state index contributed by atoms with van der Waals surface area (Å²) in [5, 5.41) is 4.18. The molecule has 0 fully saturated rings. The van der Waals surface area contributed by atoms with Gasteiger partial charge in [-0.2, -0.15) is 11.3 Å². The van der Waals surface area contributed by atoms with Crippen molar-refractivity contribution >= 4 is 36.2 Å². The monoisotopic (exact) mass is 276 g/mol. The smallest absolute Gasteiger partial charge is 0.0568 e. The maximum atomic E-state index is 5.72. The van der Waals surface area contributed by atoms with Gasteiger partial charge in [0.05, 0.1) is 5.69 Å². The molecular formula is C11H14Cl2N2S.